The van der Waals surface area contributed by atoms with Gasteiger partial charge in [0.1, 0.15) is 5.75 Å². The van der Waals surface area contributed by atoms with Gasteiger partial charge < -0.3 is 24.8 Å². The number of pyridine rings is 1. The number of hydrogen-bond acceptors (Lipinski definition) is 5. The van der Waals surface area contributed by atoms with Gasteiger partial charge in [-0.25, -0.2) is 0 Å². The molecule has 3 rings (SSSR count). The number of methoxy groups -OCH3 is 2. The number of aliphatic imine (C=N–C) groups is 1. The maximum atomic E-state index is 6.33. The van der Waals surface area contributed by atoms with Crippen molar-refractivity contribution in [3.05, 3.63) is 46.8 Å². The van der Waals surface area contributed by atoms with E-state index in [4.69, 9.17) is 14.2 Å². The fourth-order valence-electron chi connectivity index (χ4n) is 3.98. The lowest BCUT2D eigenvalue weighted by Crippen LogP contribution is -2.36. The van der Waals surface area contributed by atoms with Crippen LogP contribution in [-0.2, 0) is 13.1 Å². The van der Waals surface area contributed by atoms with Crippen molar-refractivity contribution >= 4 is 29.9 Å². The van der Waals surface area contributed by atoms with E-state index in [9.17, 15) is 0 Å². The van der Waals surface area contributed by atoms with Crippen LogP contribution in [0.4, 0.5) is 0 Å². The Bertz CT molecular complexity index is 914. The van der Waals surface area contributed by atoms with Crippen LogP contribution in [0.5, 0.6) is 17.2 Å². The van der Waals surface area contributed by atoms with Crippen LogP contribution in [-0.4, -0.2) is 38.3 Å². The van der Waals surface area contributed by atoms with Gasteiger partial charge in [-0.2, -0.15) is 0 Å². The summed E-state index contributed by atoms with van der Waals surface area (Å²) in [6.07, 6.45) is 6.74. The first-order chi connectivity index (χ1) is 15.1. The highest BCUT2D eigenvalue weighted by Crippen LogP contribution is 2.34. The quantitative estimate of drug-likeness (QED) is 0.284. The first-order valence-electron chi connectivity index (χ1n) is 10.8. The molecule has 1 fully saturated rings. The Morgan fingerprint density at radius 1 is 1.06 bits per heavy atom. The first kappa shape index (κ1) is 26.0. The second-order valence-electron chi connectivity index (χ2n) is 7.80. The van der Waals surface area contributed by atoms with Gasteiger partial charge in [0.15, 0.2) is 17.5 Å². The zero-order valence-corrected chi connectivity index (χ0v) is 22.0. The third-order valence-electron chi connectivity index (χ3n) is 5.71. The van der Waals surface area contributed by atoms with Crippen LogP contribution in [0.3, 0.4) is 0 Å². The van der Waals surface area contributed by atoms with E-state index < -0.39 is 0 Å². The zero-order valence-electron chi connectivity index (χ0n) is 19.7. The molecule has 1 aromatic heterocycles. The Morgan fingerprint density at radius 3 is 2.44 bits per heavy atom. The van der Waals surface area contributed by atoms with Gasteiger partial charge in [-0.05, 0) is 45.6 Å². The van der Waals surface area contributed by atoms with E-state index in [-0.39, 0.29) is 30.1 Å². The largest absolute Gasteiger partial charge is 0.496 e. The highest BCUT2D eigenvalue weighted by molar-refractivity contribution is 14.0. The van der Waals surface area contributed by atoms with E-state index in [0.29, 0.717) is 19.0 Å². The third kappa shape index (κ3) is 6.40. The van der Waals surface area contributed by atoms with Crippen LogP contribution in [0.1, 0.15) is 48.1 Å². The molecule has 0 unspecified atom stereocenters. The van der Waals surface area contributed by atoms with Crippen LogP contribution in [0, 0.1) is 13.8 Å². The highest BCUT2D eigenvalue weighted by Gasteiger charge is 2.20. The van der Waals surface area contributed by atoms with Gasteiger partial charge in [-0.1, -0.05) is 12.1 Å². The van der Waals surface area contributed by atoms with Crippen molar-refractivity contribution < 1.29 is 14.2 Å². The predicted octanol–water partition coefficient (Wildman–Crippen LogP) is 4.52. The van der Waals surface area contributed by atoms with Gasteiger partial charge in [0.05, 0.1) is 32.6 Å². The van der Waals surface area contributed by atoms with Crippen molar-refractivity contribution in [1.29, 1.82) is 0 Å². The number of aromatic nitrogens is 1. The number of nitrogens with zero attached hydrogens (tertiary/aromatic N) is 2. The van der Waals surface area contributed by atoms with E-state index in [0.717, 1.165) is 52.5 Å². The summed E-state index contributed by atoms with van der Waals surface area (Å²) in [7, 11) is 5.12. The molecular weight excluding hydrogens is 519 g/mol. The summed E-state index contributed by atoms with van der Waals surface area (Å²) in [5.41, 5.74) is 4.03. The molecule has 7 nitrogen and oxygen atoms in total. The van der Waals surface area contributed by atoms with Crippen molar-refractivity contribution in [3.63, 3.8) is 0 Å². The van der Waals surface area contributed by atoms with Gasteiger partial charge in [0.2, 0.25) is 0 Å². The molecule has 0 atom stereocenters. The topological polar surface area (TPSA) is 77.0 Å². The minimum Gasteiger partial charge on any atom is -0.496 e. The summed E-state index contributed by atoms with van der Waals surface area (Å²) in [5, 5.41) is 6.71. The predicted molar refractivity (Wildman–Crippen MR) is 139 cm³/mol. The molecule has 1 aliphatic rings. The number of para-hydroxylation sites is 1. The number of rotatable bonds is 8. The molecule has 0 bridgehead atoms. The molecule has 0 aliphatic heterocycles. The third-order valence-corrected chi connectivity index (χ3v) is 5.71. The first-order valence-corrected chi connectivity index (χ1v) is 10.8. The standard InChI is InChI=1S/C24H34N4O3.HI/c1-16-13-26-20(17(2)22(16)30-5)15-28-24(25-3)27-14-18-9-8-12-21(29-4)23(18)31-19-10-6-7-11-19;/h8-9,12-13,19H,6-7,10-11,14-15H2,1-5H3,(H2,25,27,28);1H. The molecule has 0 amide bonds. The number of ether oxygens (including phenoxy) is 3. The summed E-state index contributed by atoms with van der Waals surface area (Å²) >= 11 is 0. The van der Waals surface area contributed by atoms with Crippen LogP contribution in [0.25, 0.3) is 0 Å². The Labute approximate surface area is 208 Å². The van der Waals surface area contributed by atoms with E-state index >= 15 is 0 Å². The lowest BCUT2D eigenvalue weighted by molar-refractivity contribution is 0.198. The molecule has 0 spiro atoms. The number of nitrogens with one attached hydrogen (secondary N) is 2. The molecule has 1 aliphatic carbocycles. The van der Waals surface area contributed by atoms with Crippen LogP contribution < -0.4 is 24.8 Å². The van der Waals surface area contributed by atoms with Crippen molar-refractivity contribution in [2.45, 2.75) is 58.7 Å². The lowest BCUT2D eigenvalue weighted by atomic mass is 10.1. The second-order valence-corrected chi connectivity index (χ2v) is 7.80. The van der Waals surface area contributed by atoms with Crippen molar-refractivity contribution in [2.24, 2.45) is 4.99 Å². The van der Waals surface area contributed by atoms with Crippen molar-refractivity contribution in [2.75, 3.05) is 21.3 Å². The fraction of sp³-hybridized carbons (Fsp3) is 0.500. The SMILES string of the molecule is CN=C(NCc1cccc(OC)c1OC1CCCC1)NCc1ncc(C)c(OC)c1C.I. The Morgan fingerprint density at radius 2 is 1.78 bits per heavy atom. The van der Waals surface area contributed by atoms with Gasteiger partial charge in [0.25, 0.3) is 0 Å². The summed E-state index contributed by atoms with van der Waals surface area (Å²) in [6.45, 7) is 5.14. The summed E-state index contributed by atoms with van der Waals surface area (Å²) in [5.74, 6) is 3.15. The number of guanidine groups is 1. The normalized spacial score (nSPS) is 14.0. The Balaban J connectivity index is 0.00000363. The monoisotopic (exact) mass is 554 g/mol. The number of aryl methyl sites for hydroxylation is 1. The molecule has 1 heterocycles. The van der Waals surface area contributed by atoms with Crippen LogP contribution in [0.2, 0.25) is 0 Å². The zero-order chi connectivity index (χ0) is 22.2. The summed E-state index contributed by atoms with van der Waals surface area (Å²) in [6, 6.07) is 5.99. The van der Waals surface area contributed by atoms with Crippen molar-refractivity contribution in [3.8, 4) is 17.2 Å². The van der Waals surface area contributed by atoms with Gasteiger partial charge in [-0.15, -0.1) is 24.0 Å². The van der Waals surface area contributed by atoms with E-state index in [1.54, 1.807) is 21.3 Å². The molecule has 8 heteroatoms. The average molecular weight is 554 g/mol. The summed E-state index contributed by atoms with van der Waals surface area (Å²) in [4.78, 5) is 8.89. The maximum Gasteiger partial charge on any atom is 0.191 e. The molecule has 1 aromatic carbocycles. The molecule has 0 saturated heterocycles. The van der Waals surface area contributed by atoms with E-state index in [1.807, 2.05) is 32.2 Å². The van der Waals surface area contributed by atoms with Crippen LogP contribution >= 0.6 is 24.0 Å². The maximum absolute atomic E-state index is 6.33. The van der Waals surface area contributed by atoms with Crippen molar-refractivity contribution in [1.82, 2.24) is 15.6 Å². The van der Waals surface area contributed by atoms with Gasteiger partial charge in [0, 0.05) is 36.5 Å². The fourth-order valence-corrected chi connectivity index (χ4v) is 3.98. The van der Waals surface area contributed by atoms with E-state index in [1.165, 1.54) is 12.8 Å². The number of hydrogen-bond donors (Lipinski definition) is 2. The van der Waals surface area contributed by atoms with E-state index in [2.05, 4.69) is 26.7 Å². The molecule has 2 N–H and O–H groups in total. The highest BCUT2D eigenvalue weighted by atomic mass is 127. The second kappa shape index (κ2) is 12.7. The molecule has 176 valence electrons. The number of halogens is 1. The smallest absolute Gasteiger partial charge is 0.191 e. The van der Waals surface area contributed by atoms with Gasteiger partial charge in [-0.3, -0.25) is 9.98 Å². The summed E-state index contributed by atoms with van der Waals surface area (Å²) < 4.78 is 17.4. The average Bonchev–Trinajstić information content (AvgIpc) is 3.29. The minimum atomic E-state index is 0. The van der Waals surface area contributed by atoms with Gasteiger partial charge >= 0.3 is 0 Å². The molecular formula is C24H35IN4O3. The molecule has 0 radical (unpaired) electrons. The molecule has 2 aromatic rings. The Hall–Kier alpha value is -2.23. The minimum absolute atomic E-state index is 0. The Kier molecular flexibility index (Phi) is 10.3. The molecule has 32 heavy (non-hydrogen) atoms. The van der Waals surface area contributed by atoms with Crippen LogP contribution in [0.15, 0.2) is 29.4 Å². The lowest BCUT2D eigenvalue weighted by Gasteiger charge is -2.20. The number of benzene rings is 1. The molecule has 1 saturated carbocycles.